The smallest absolute Gasteiger partial charge is 0.326 e. The van der Waals surface area contributed by atoms with E-state index < -0.39 is 23.4 Å². The molecule has 0 saturated carbocycles. The van der Waals surface area contributed by atoms with Gasteiger partial charge in [-0.15, -0.1) is 0 Å². The third kappa shape index (κ3) is 4.19. The number of nitrogens with one attached hydrogen (secondary N) is 2. The Labute approximate surface area is 181 Å². The van der Waals surface area contributed by atoms with E-state index in [1.165, 1.54) is 0 Å². The van der Waals surface area contributed by atoms with E-state index in [0.717, 1.165) is 11.3 Å². The highest BCUT2D eigenvalue weighted by Gasteiger charge is 2.54. The number of carbonyl (C=O) groups is 3. The van der Waals surface area contributed by atoms with E-state index in [9.17, 15) is 14.4 Å². The van der Waals surface area contributed by atoms with E-state index in [2.05, 4.69) is 10.6 Å². The minimum Gasteiger partial charge on any atom is -0.497 e. The number of carbonyl (C=O) groups excluding carboxylic acids is 3. The summed E-state index contributed by atoms with van der Waals surface area (Å²) in [5.74, 6) is 0.329. The molecule has 8 nitrogen and oxygen atoms in total. The van der Waals surface area contributed by atoms with Crippen LogP contribution < -0.4 is 20.1 Å². The summed E-state index contributed by atoms with van der Waals surface area (Å²) in [4.78, 5) is 39.8. The topological polar surface area (TPSA) is 97.0 Å². The van der Waals surface area contributed by atoms with Crippen LogP contribution in [0.5, 0.6) is 11.5 Å². The monoisotopic (exact) mass is 425 g/mol. The van der Waals surface area contributed by atoms with Crippen LogP contribution in [0.2, 0.25) is 0 Å². The fourth-order valence-electron chi connectivity index (χ4n) is 3.53. The molecule has 2 N–H and O–H groups in total. The van der Waals surface area contributed by atoms with Crippen LogP contribution in [0, 0.1) is 0 Å². The van der Waals surface area contributed by atoms with Gasteiger partial charge in [0.25, 0.3) is 5.91 Å². The minimum absolute atomic E-state index is 0.0544. The quantitative estimate of drug-likeness (QED) is 0.633. The molecule has 0 spiro atoms. The molecule has 2 aromatic rings. The van der Waals surface area contributed by atoms with Crippen molar-refractivity contribution in [3.8, 4) is 11.5 Å². The van der Waals surface area contributed by atoms with Gasteiger partial charge in [0.15, 0.2) is 5.54 Å². The van der Waals surface area contributed by atoms with E-state index in [1.807, 2.05) is 13.8 Å². The van der Waals surface area contributed by atoms with E-state index in [4.69, 9.17) is 9.47 Å². The maximum atomic E-state index is 13.6. The number of ether oxygens (including phenoxy) is 2. The Morgan fingerprint density at radius 1 is 1.00 bits per heavy atom. The van der Waals surface area contributed by atoms with Crippen molar-refractivity contribution in [2.24, 2.45) is 0 Å². The summed E-state index contributed by atoms with van der Waals surface area (Å²) in [6.45, 7) is 3.45. The number of amides is 4. The zero-order valence-electron chi connectivity index (χ0n) is 18.1. The summed E-state index contributed by atoms with van der Waals surface area (Å²) in [6.07, 6.45) is 0.744. The zero-order valence-corrected chi connectivity index (χ0v) is 18.1. The van der Waals surface area contributed by atoms with Crippen molar-refractivity contribution >= 4 is 17.8 Å². The Hall–Kier alpha value is -3.55. The molecule has 1 fully saturated rings. The van der Waals surface area contributed by atoms with E-state index >= 15 is 0 Å². The van der Waals surface area contributed by atoms with Gasteiger partial charge in [0.2, 0.25) is 5.91 Å². The average Bonchev–Trinajstić information content (AvgIpc) is 3.04. The number of nitrogens with zero attached hydrogens (tertiary/aromatic N) is 1. The molecular formula is C23H27N3O5. The van der Waals surface area contributed by atoms with Gasteiger partial charge in [0.05, 0.1) is 14.2 Å². The summed E-state index contributed by atoms with van der Waals surface area (Å²) in [5, 5.41) is 5.61. The summed E-state index contributed by atoms with van der Waals surface area (Å²) in [5.41, 5.74) is -0.352. The van der Waals surface area contributed by atoms with Gasteiger partial charge in [-0.3, -0.25) is 14.5 Å². The predicted octanol–water partition coefficient (Wildman–Crippen LogP) is 2.41. The Morgan fingerprint density at radius 3 is 1.90 bits per heavy atom. The molecule has 0 aromatic heterocycles. The fraction of sp³-hybridized carbons (Fsp3) is 0.348. The van der Waals surface area contributed by atoms with Crippen LogP contribution in [-0.2, 0) is 15.1 Å². The molecule has 0 radical (unpaired) electrons. The number of hydrogen-bond acceptors (Lipinski definition) is 5. The van der Waals surface area contributed by atoms with Gasteiger partial charge in [-0.05, 0) is 48.7 Å². The van der Waals surface area contributed by atoms with Crippen molar-refractivity contribution in [3.63, 3.8) is 0 Å². The average molecular weight is 425 g/mol. The molecule has 2 aromatic carbocycles. The van der Waals surface area contributed by atoms with E-state index in [1.54, 1.807) is 62.8 Å². The van der Waals surface area contributed by atoms with Gasteiger partial charge in [0.1, 0.15) is 18.0 Å². The summed E-state index contributed by atoms with van der Waals surface area (Å²) >= 11 is 0. The Morgan fingerprint density at radius 2 is 1.48 bits per heavy atom. The fourth-order valence-corrected chi connectivity index (χ4v) is 3.53. The number of urea groups is 1. The van der Waals surface area contributed by atoms with Crippen molar-refractivity contribution in [1.29, 1.82) is 0 Å². The first-order chi connectivity index (χ1) is 14.8. The number of imide groups is 1. The molecule has 1 heterocycles. The summed E-state index contributed by atoms with van der Waals surface area (Å²) in [7, 11) is 3.10. The highest BCUT2D eigenvalue weighted by atomic mass is 16.5. The third-order valence-electron chi connectivity index (χ3n) is 5.47. The van der Waals surface area contributed by atoms with Crippen LogP contribution in [-0.4, -0.2) is 49.6 Å². The van der Waals surface area contributed by atoms with Crippen molar-refractivity contribution in [1.82, 2.24) is 15.5 Å². The SMILES string of the molecule is CC[C@@H](C)NC(=O)CN1C(=O)NC(c2ccc(OC)cc2)(c2ccc(OC)cc2)C1=O. The molecule has 0 aliphatic carbocycles. The number of benzene rings is 2. The van der Waals surface area contributed by atoms with Gasteiger partial charge in [-0.2, -0.15) is 0 Å². The van der Waals surface area contributed by atoms with Gasteiger partial charge in [-0.25, -0.2) is 4.79 Å². The molecule has 1 atom stereocenters. The second-order valence-electron chi connectivity index (χ2n) is 7.41. The molecule has 164 valence electrons. The van der Waals surface area contributed by atoms with Crippen LogP contribution in [0.3, 0.4) is 0 Å². The number of rotatable bonds is 8. The maximum absolute atomic E-state index is 13.6. The lowest BCUT2D eigenvalue weighted by molar-refractivity contribution is -0.134. The zero-order chi connectivity index (χ0) is 22.6. The Bertz CT molecular complexity index is 909. The molecule has 8 heteroatoms. The van der Waals surface area contributed by atoms with E-state index in [0.29, 0.717) is 22.6 Å². The number of methoxy groups -OCH3 is 2. The van der Waals surface area contributed by atoms with Gasteiger partial charge < -0.3 is 20.1 Å². The van der Waals surface area contributed by atoms with E-state index in [-0.39, 0.29) is 12.6 Å². The molecule has 31 heavy (non-hydrogen) atoms. The van der Waals surface area contributed by atoms with Gasteiger partial charge >= 0.3 is 6.03 Å². The van der Waals surface area contributed by atoms with Crippen LogP contribution in [0.4, 0.5) is 4.79 Å². The summed E-state index contributed by atoms with van der Waals surface area (Å²) in [6, 6.07) is 13.1. The lowest BCUT2D eigenvalue weighted by Gasteiger charge is -2.28. The molecule has 0 unspecified atom stereocenters. The van der Waals surface area contributed by atoms with Crippen molar-refractivity contribution in [2.75, 3.05) is 20.8 Å². The number of hydrogen-bond donors (Lipinski definition) is 2. The molecule has 1 aliphatic heterocycles. The molecule has 0 bridgehead atoms. The molecule has 4 amide bonds. The molecular weight excluding hydrogens is 398 g/mol. The molecule has 3 rings (SSSR count). The largest absolute Gasteiger partial charge is 0.497 e. The first-order valence-corrected chi connectivity index (χ1v) is 10.1. The molecule has 1 saturated heterocycles. The first kappa shape index (κ1) is 22.1. The Kier molecular flexibility index (Phi) is 6.48. The molecule has 1 aliphatic rings. The lowest BCUT2D eigenvalue weighted by atomic mass is 9.82. The predicted molar refractivity (Wildman–Crippen MR) is 115 cm³/mol. The van der Waals surface area contributed by atoms with Crippen LogP contribution >= 0.6 is 0 Å². The second-order valence-corrected chi connectivity index (χ2v) is 7.41. The van der Waals surface area contributed by atoms with Crippen LogP contribution in [0.15, 0.2) is 48.5 Å². The van der Waals surface area contributed by atoms with Gasteiger partial charge in [0, 0.05) is 6.04 Å². The first-order valence-electron chi connectivity index (χ1n) is 10.1. The van der Waals surface area contributed by atoms with Crippen molar-refractivity contribution in [3.05, 3.63) is 59.7 Å². The van der Waals surface area contributed by atoms with Gasteiger partial charge in [-0.1, -0.05) is 31.2 Å². The second kappa shape index (κ2) is 9.07. The van der Waals surface area contributed by atoms with Crippen LogP contribution in [0.1, 0.15) is 31.4 Å². The Balaban J connectivity index is 2.02. The normalized spacial score (nSPS) is 15.9. The lowest BCUT2D eigenvalue weighted by Crippen LogP contribution is -2.46. The van der Waals surface area contributed by atoms with Crippen molar-refractivity contribution < 1.29 is 23.9 Å². The highest BCUT2D eigenvalue weighted by molar-refractivity contribution is 6.11. The van der Waals surface area contributed by atoms with Crippen molar-refractivity contribution in [2.45, 2.75) is 31.8 Å². The third-order valence-corrected chi connectivity index (χ3v) is 5.47. The maximum Gasteiger partial charge on any atom is 0.326 e. The highest BCUT2D eigenvalue weighted by Crippen LogP contribution is 2.37. The minimum atomic E-state index is -1.47. The van der Waals surface area contributed by atoms with Crippen LogP contribution in [0.25, 0.3) is 0 Å². The summed E-state index contributed by atoms with van der Waals surface area (Å²) < 4.78 is 10.4. The standard InChI is InChI=1S/C23H27N3O5/c1-5-15(2)24-20(27)14-26-21(28)23(25-22(26)29,16-6-10-18(30-3)11-7-16)17-8-12-19(31-4)13-9-17/h6-13,15H,5,14H2,1-4H3,(H,24,27)(H,25,29)/t15-/m1/s1.